The van der Waals surface area contributed by atoms with Crippen LogP contribution in [-0.2, 0) is 9.59 Å². The minimum absolute atomic E-state index is 0.0153. The van der Waals surface area contributed by atoms with Crippen LogP contribution >= 0.6 is 11.8 Å². The summed E-state index contributed by atoms with van der Waals surface area (Å²) in [5, 5.41) is 9.34. The Hall–Kier alpha value is -1.50. The fraction of sp³-hybridized carbons (Fsp3) is 0.737. The maximum Gasteiger partial charge on any atom is 0.238 e. The number of carbonyl (C=O) groups is 2. The number of amides is 2. The molecule has 2 aliphatic carbocycles. The lowest BCUT2D eigenvalue weighted by molar-refractivity contribution is -0.120. The predicted molar refractivity (Wildman–Crippen MR) is 103 cm³/mol. The summed E-state index contributed by atoms with van der Waals surface area (Å²) in [5.41, 5.74) is 0.451. The number of hydrogen-bond acceptors (Lipinski definition) is 5. The second kappa shape index (κ2) is 6.91. The molecule has 2 saturated carbocycles. The number of fused-ring (bicyclic) bond motifs is 2. The molecule has 2 amide bonds. The fourth-order valence-corrected chi connectivity index (χ4v) is 5.28. The summed E-state index contributed by atoms with van der Waals surface area (Å²) in [5.74, 6) is 1.86. The van der Waals surface area contributed by atoms with Crippen molar-refractivity contribution in [3.05, 3.63) is 11.8 Å². The van der Waals surface area contributed by atoms with Crippen molar-refractivity contribution in [1.29, 1.82) is 0 Å². The molecular formula is C19H29N3O3S. The summed E-state index contributed by atoms with van der Waals surface area (Å²) in [6, 6.07) is 1.91. The normalized spacial score (nSPS) is 30.2. The van der Waals surface area contributed by atoms with Gasteiger partial charge >= 0.3 is 0 Å². The quantitative estimate of drug-likeness (QED) is 0.792. The van der Waals surface area contributed by atoms with Crippen LogP contribution in [0, 0.1) is 23.7 Å². The molecule has 0 aliphatic heterocycles. The van der Waals surface area contributed by atoms with Crippen molar-refractivity contribution in [3.8, 4) is 0 Å². The van der Waals surface area contributed by atoms with Crippen molar-refractivity contribution in [2.24, 2.45) is 16.7 Å². The average Bonchev–Trinajstić information content (AvgIpc) is 3.13. The van der Waals surface area contributed by atoms with Gasteiger partial charge in [-0.25, -0.2) is 0 Å². The Kier molecular flexibility index (Phi) is 5.12. The van der Waals surface area contributed by atoms with E-state index in [0.29, 0.717) is 17.5 Å². The SMILES string of the molecule is Cc1cc(NC(=O)[C@@H](C)SCC(=O)N[C@H]2C[C@@H]3CC[C@@]2(C)C3(C)C)no1. The number of carbonyl (C=O) groups excluding carboxylic acids is 2. The highest BCUT2D eigenvalue weighted by molar-refractivity contribution is 8.01. The van der Waals surface area contributed by atoms with Gasteiger partial charge in [-0.05, 0) is 49.9 Å². The molecule has 26 heavy (non-hydrogen) atoms. The van der Waals surface area contributed by atoms with E-state index in [1.807, 2.05) is 0 Å². The van der Waals surface area contributed by atoms with E-state index in [4.69, 9.17) is 4.52 Å². The molecule has 2 fully saturated rings. The number of anilines is 1. The Labute approximate surface area is 159 Å². The second-order valence-electron chi connectivity index (χ2n) is 8.50. The molecule has 144 valence electrons. The molecule has 0 unspecified atom stereocenters. The van der Waals surface area contributed by atoms with Gasteiger partial charge in [-0.2, -0.15) is 0 Å². The molecule has 1 aromatic heterocycles. The van der Waals surface area contributed by atoms with Crippen molar-refractivity contribution in [2.45, 2.75) is 65.2 Å². The van der Waals surface area contributed by atoms with E-state index in [1.165, 1.54) is 24.6 Å². The Morgan fingerprint density at radius 3 is 2.69 bits per heavy atom. The molecule has 2 aliphatic rings. The van der Waals surface area contributed by atoms with Gasteiger partial charge in [0.25, 0.3) is 0 Å². The monoisotopic (exact) mass is 379 g/mol. The van der Waals surface area contributed by atoms with Crippen molar-refractivity contribution in [3.63, 3.8) is 0 Å². The smallest absolute Gasteiger partial charge is 0.238 e. The minimum atomic E-state index is -0.343. The highest BCUT2D eigenvalue weighted by Gasteiger charge is 2.61. The zero-order valence-electron chi connectivity index (χ0n) is 16.2. The third-order valence-electron chi connectivity index (χ3n) is 6.84. The number of aryl methyl sites for hydroxylation is 1. The van der Waals surface area contributed by atoms with Gasteiger partial charge in [-0.3, -0.25) is 9.59 Å². The fourth-order valence-electron chi connectivity index (χ4n) is 4.59. The molecule has 0 radical (unpaired) electrons. The van der Waals surface area contributed by atoms with E-state index >= 15 is 0 Å². The van der Waals surface area contributed by atoms with Gasteiger partial charge in [0.15, 0.2) is 5.82 Å². The molecule has 1 aromatic rings. The van der Waals surface area contributed by atoms with Crippen molar-refractivity contribution in [2.75, 3.05) is 11.1 Å². The van der Waals surface area contributed by atoms with Crippen LogP contribution in [0.2, 0.25) is 0 Å². The molecule has 0 saturated heterocycles. The molecule has 2 bridgehead atoms. The molecule has 6 nitrogen and oxygen atoms in total. The van der Waals surface area contributed by atoms with Gasteiger partial charge < -0.3 is 15.2 Å². The summed E-state index contributed by atoms with van der Waals surface area (Å²) in [4.78, 5) is 24.6. The number of hydrogen-bond donors (Lipinski definition) is 2. The van der Waals surface area contributed by atoms with Gasteiger partial charge in [0.2, 0.25) is 11.8 Å². The van der Waals surface area contributed by atoms with Crippen LogP contribution in [0.15, 0.2) is 10.6 Å². The highest BCUT2D eigenvalue weighted by atomic mass is 32.2. The second-order valence-corrected chi connectivity index (χ2v) is 9.82. The zero-order chi connectivity index (χ0) is 19.1. The predicted octanol–water partition coefficient (Wildman–Crippen LogP) is 3.37. The van der Waals surface area contributed by atoms with Gasteiger partial charge in [-0.1, -0.05) is 25.9 Å². The molecule has 2 N–H and O–H groups in total. The van der Waals surface area contributed by atoms with E-state index in [1.54, 1.807) is 19.9 Å². The lowest BCUT2D eigenvalue weighted by Gasteiger charge is -2.39. The number of aromatic nitrogens is 1. The number of nitrogens with one attached hydrogen (secondary N) is 2. The third kappa shape index (κ3) is 3.38. The molecule has 7 heteroatoms. The van der Waals surface area contributed by atoms with Crippen LogP contribution in [0.1, 0.15) is 52.7 Å². The van der Waals surface area contributed by atoms with Crippen LogP contribution in [0.3, 0.4) is 0 Å². The standard InChI is InChI=1S/C19H29N3O3S/c1-11-8-15(22-25-11)21-17(24)12(2)26-10-16(23)20-14-9-13-6-7-19(14,5)18(13,3)4/h8,12-14H,6-7,9-10H2,1-5H3,(H,20,23)(H,21,22,24)/t12-,13+,14+,19-/m1/s1. The van der Waals surface area contributed by atoms with Crippen LogP contribution in [0.4, 0.5) is 5.82 Å². The zero-order valence-corrected chi connectivity index (χ0v) is 17.0. The van der Waals surface area contributed by atoms with Gasteiger partial charge in [0.1, 0.15) is 5.76 Å². The lowest BCUT2D eigenvalue weighted by Crippen LogP contribution is -2.47. The summed E-state index contributed by atoms with van der Waals surface area (Å²) in [6.45, 7) is 10.5. The van der Waals surface area contributed by atoms with Crippen LogP contribution in [0.25, 0.3) is 0 Å². The first kappa shape index (κ1) is 19.3. The molecule has 1 heterocycles. The Balaban J connectivity index is 1.46. The Bertz CT molecular complexity index is 702. The average molecular weight is 380 g/mol. The first-order chi connectivity index (χ1) is 12.1. The van der Waals surface area contributed by atoms with Gasteiger partial charge in [-0.15, -0.1) is 11.8 Å². The minimum Gasteiger partial charge on any atom is -0.360 e. The highest BCUT2D eigenvalue weighted by Crippen LogP contribution is 2.65. The summed E-state index contributed by atoms with van der Waals surface area (Å²) < 4.78 is 4.93. The summed E-state index contributed by atoms with van der Waals surface area (Å²) in [7, 11) is 0. The van der Waals surface area contributed by atoms with E-state index in [2.05, 4.69) is 36.6 Å². The number of rotatable bonds is 6. The lowest BCUT2D eigenvalue weighted by atomic mass is 9.69. The van der Waals surface area contributed by atoms with Gasteiger partial charge in [0, 0.05) is 12.1 Å². The molecule has 3 rings (SSSR count). The van der Waals surface area contributed by atoms with Crippen molar-refractivity contribution in [1.82, 2.24) is 10.5 Å². The Morgan fingerprint density at radius 1 is 1.42 bits per heavy atom. The first-order valence-corrected chi connectivity index (χ1v) is 10.3. The molecule has 0 aromatic carbocycles. The van der Waals surface area contributed by atoms with Crippen molar-refractivity contribution < 1.29 is 14.1 Å². The third-order valence-corrected chi connectivity index (χ3v) is 7.99. The Morgan fingerprint density at radius 2 is 2.15 bits per heavy atom. The largest absolute Gasteiger partial charge is 0.360 e. The molecular weight excluding hydrogens is 350 g/mol. The van der Waals surface area contributed by atoms with E-state index in [-0.39, 0.29) is 39.7 Å². The first-order valence-electron chi connectivity index (χ1n) is 9.28. The maximum absolute atomic E-state index is 12.4. The molecule has 0 spiro atoms. The number of thioether (sulfide) groups is 1. The maximum atomic E-state index is 12.4. The van der Waals surface area contributed by atoms with E-state index < -0.39 is 0 Å². The molecule has 4 atom stereocenters. The van der Waals surface area contributed by atoms with Crippen LogP contribution in [0.5, 0.6) is 0 Å². The summed E-state index contributed by atoms with van der Waals surface area (Å²) >= 11 is 1.34. The van der Waals surface area contributed by atoms with E-state index in [9.17, 15) is 9.59 Å². The van der Waals surface area contributed by atoms with E-state index in [0.717, 1.165) is 6.42 Å². The van der Waals surface area contributed by atoms with Gasteiger partial charge in [0.05, 0.1) is 11.0 Å². The van der Waals surface area contributed by atoms with Crippen molar-refractivity contribution >= 4 is 29.4 Å². The summed E-state index contributed by atoms with van der Waals surface area (Å²) in [6.07, 6.45) is 3.52. The van der Waals surface area contributed by atoms with Crippen LogP contribution < -0.4 is 10.6 Å². The van der Waals surface area contributed by atoms with Crippen LogP contribution in [-0.4, -0.2) is 34.0 Å². The number of nitrogens with zero attached hydrogens (tertiary/aromatic N) is 1. The topological polar surface area (TPSA) is 84.2 Å².